The van der Waals surface area contributed by atoms with Crippen LogP contribution in [0.4, 0.5) is 0 Å². The lowest BCUT2D eigenvalue weighted by atomic mass is 10.0. The van der Waals surface area contributed by atoms with Crippen molar-refractivity contribution in [2.45, 2.75) is 12.8 Å². The van der Waals surface area contributed by atoms with Gasteiger partial charge in [0.05, 0.1) is 12.8 Å². The average molecular weight is 232 g/mol. The lowest BCUT2D eigenvalue weighted by Gasteiger charge is -2.05. The molecule has 1 atom stereocenters. The number of nitrogens with zero attached hydrogens (tertiary/aromatic N) is 1. The van der Waals surface area contributed by atoms with Crippen LogP contribution in [0.1, 0.15) is 12.1 Å². The molecule has 0 saturated carbocycles. The number of hydrogen-bond acceptors (Lipinski definition) is 4. The Morgan fingerprint density at radius 2 is 2.47 bits per heavy atom. The van der Waals surface area contributed by atoms with Crippen molar-refractivity contribution in [3.05, 3.63) is 23.9 Å². The van der Waals surface area contributed by atoms with E-state index in [2.05, 4.69) is 10.5 Å². The molecular formula is C13H16N2O2. The Morgan fingerprint density at radius 1 is 1.53 bits per heavy atom. The fraction of sp³-hybridized carbons (Fsp3) is 0.462. The van der Waals surface area contributed by atoms with Crippen LogP contribution in [0.5, 0.6) is 5.75 Å². The normalized spacial score (nSPS) is 19.9. The van der Waals surface area contributed by atoms with Crippen LogP contribution in [-0.2, 0) is 6.42 Å². The van der Waals surface area contributed by atoms with Crippen LogP contribution in [-0.4, -0.2) is 25.4 Å². The second kappa shape index (κ2) is 4.37. The molecule has 2 heterocycles. The van der Waals surface area contributed by atoms with Gasteiger partial charge in [0.1, 0.15) is 5.75 Å². The second-order valence-electron chi connectivity index (χ2n) is 4.55. The smallest absolute Gasteiger partial charge is 0.167 e. The van der Waals surface area contributed by atoms with E-state index in [1.807, 2.05) is 18.2 Å². The summed E-state index contributed by atoms with van der Waals surface area (Å²) < 4.78 is 10.6. The fourth-order valence-corrected chi connectivity index (χ4v) is 2.40. The summed E-state index contributed by atoms with van der Waals surface area (Å²) in [6.45, 7) is 2.20. The van der Waals surface area contributed by atoms with Crippen molar-refractivity contribution in [1.29, 1.82) is 0 Å². The van der Waals surface area contributed by atoms with Gasteiger partial charge < -0.3 is 14.6 Å². The van der Waals surface area contributed by atoms with Gasteiger partial charge in [0.15, 0.2) is 5.58 Å². The predicted octanol–water partition coefficient (Wildman–Crippen LogP) is 1.99. The molecule has 17 heavy (non-hydrogen) atoms. The van der Waals surface area contributed by atoms with Crippen LogP contribution >= 0.6 is 0 Å². The van der Waals surface area contributed by atoms with Crippen LogP contribution in [0.2, 0.25) is 0 Å². The molecule has 4 nitrogen and oxygen atoms in total. The lowest BCUT2D eigenvalue weighted by Crippen LogP contribution is -2.10. The van der Waals surface area contributed by atoms with Crippen LogP contribution in [0.25, 0.3) is 11.0 Å². The second-order valence-corrected chi connectivity index (χ2v) is 4.55. The van der Waals surface area contributed by atoms with Gasteiger partial charge in [-0.15, -0.1) is 0 Å². The van der Waals surface area contributed by atoms with Crippen molar-refractivity contribution in [3.8, 4) is 5.75 Å². The first kappa shape index (κ1) is 10.6. The molecule has 90 valence electrons. The van der Waals surface area contributed by atoms with E-state index in [0.717, 1.165) is 41.9 Å². The molecule has 1 aliphatic heterocycles. The molecule has 0 radical (unpaired) electrons. The Balaban J connectivity index is 1.92. The van der Waals surface area contributed by atoms with Crippen LogP contribution in [0, 0.1) is 5.92 Å². The Hall–Kier alpha value is -1.55. The molecule has 1 saturated heterocycles. The third kappa shape index (κ3) is 2.00. The van der Waals surface area contributed by atoms with Gasteiger partial charge in [-0.3, -0.25) is 0 Å². The topological polar surface area (TPSA) is 47.3 Å². The number of fused-ring (bicyclic) bond motifs is 1. The van der Waals surface area contributed by atoms with E-state index in [1.54, 1.807) is 7.11 Å². The summed E-state index contributed by atoms with van der Waals surface area (Å²) in [6, 6.07) is 5.82. The minimum Gasteiger partial charge on any atom is -0.497 e. The van der Waals surface area contributed by atoms with E-state index in [-0.39, 0.29) is 0 Å². The number of aromatic nitrogens is 1. The van der Waals surface area contributed by atoms with E-state index < -0.39 is 0 Å². The molecule has 3 rings (SSSR count). The molecule has 1 aromatic carbocycles. The predicted molar refractivity (Wildman–Crippen MR) is 65.2 cm³/mol. The number of benzene rings is 1. The molecule has 2 aromatic rings. The van der Waals surface area contributed by atoms with Gasteiger partial charge >= 0.3 is 0 Å². The zero-order valence-corrected chi connectivity index (χ0v) is 9.90. The fourth-order valence-electron chi connectivity index (χ4n) is 2.40. The van der Waals surface area contributed by atoms with E-state index in [9.17, 15) is 0 Å². The largest absolute Gasteiger partial charge is 0.497 e. The van der Waals surface area contributed by atoms with Crippen molar-refractivity contribution >= 4 is 11.0 Å². The van der Waals surface area contributed by atoms with E-state index in [4.69, 9.17) is 9.26 Å². The van der Waals surface area contributed by atoms with Gasteiger partial charge in [-0.1, -0.05) is 5.16 Å². The Bertz CT molecular complexity index is 515. The highest BCUT2D eigenvalue weighted by atomic mass is 16.5. The molecule has 1 unspecified atom stereocenters. The minimum atomic E-state index is 0.675. The highest BCUT2D eigenvalue weighted by Gasteiger charge is 2.18. The first-order valence-corrected chi connectivity index (χ1v) is 6.00. The van der Waals surface area contributed by atoms with Gasteiger partial charge in [0, 0.05) is 5.39 Å². The first-order chi connectivity index (χ1) is 8.36. The average Bonchev–Trinajstić information content (AvgIpc) is 2.99. The first-order valence-electron chi connectivity index (χ1n) is 6.00. The minimum absolute atomic E-state index is 0.675. The van der Waals surface area contributed by atoms with Crippen molar-refractivity contribution in [3.63, 3.8) is 0 Å². The van der Waals surface area contributed by atoms with Crippen molar-refractivity contribution in [2.24, 2.45) is 5.92 Å². The lowest BCUT2D eigenvalue weighted by molar-refractivity contribution is 0.414. The molecule has 1 aliphatic rings. The van der Waals surface area contributed by atoms with Crippen LogP contribution < -0.4 is 10.1 Å². The van der Waals surface area contributed by atoms with E-state index in [0.29, 0.717) is 5.92 Å². The van der Waals surface area contributed by atoms with E-state index in [1.165, 1.54) is 6.42 Å². The van der Waals surface area contributed by atoms with Crippen LogP contribution in [0.15, 0.2) is 22.7 Å². The summed E-state index contributed by atoms with van der Waals surface area (Å²) >= 11 is 0. The number of rotatable bonds is 3. The molecular weight excluding hydrogens is 216 g/mol. The molecule has 1 N–H and O–H groups in total. The SMILES string of the molecule is COc1ccc2onc(CC3CCNC3)c2c1. The maximum absolute atomic E-state index is 5.33. The summed E-state index contributed by atoms with van der Waals surface area (Å²) in [6.07, 6.45) is 2.20. The highest BCUT2D eigenvalue weighted by Crippen LogP contribution is 2.26. The van der Waals surface area contributed by atoms with Crippen molar-refractivity contribution in [2.75, 3.05) is 20.2 Å². The molecule has 0 bridgehead atoms. The molecule has 1 fully saturated rings. The van der Waals surface area contributed by atoms with Crippen LogP contribution in [0.3, 0.4) is 0 Å². The summed E-state index contributed by atoms with van der Waals surface area (Å²) in [7, 11) is 1.68. The summed E-state index contributed by atoms with van der Waals surface area (Å²) in [5.74, 6) is 1.53. The summed E-state index contributed by atoms with van der Waals surface area (Å²) in [5.41, 5.74) is 1.89. The molecule has 0 amide bonds. The Morgan fingerprint density at radius 3 is 3.24 bits per heavy atom. The maximum Gasteiger partial charge on any atom is 0.167 e. The molecule has 0 aliphatic carbocycles. The Kier molecular flexibility index (Phi) is 2.73. The monoisotopic (exact) mass is 232 g/mol. The number of methoxy groups -OCH3 is 1. The summed E-state index contributed by atoms with van der Waals surface area (Å²) in [5, 5.41) is 8.63. The third-order valence-electron chi connectivity index (χ3n) is 3.40. The summed E-state index contributed by atoms with van der Waals surface area (Å²) in [4.78, 5) is 0. The van der Waals surface area contributed by atoms with E-state index >= 15 is 0 Å². The quantitative estimate of drug-likeness (QED) is 0.879. The molecule has 0 spiro atoms. The van der Waals surface area contributed by atoms with Gasteiger partial charge in [-0.25, -0.2) is 0 Å². The Labute approximate surface area is 99.9 Å². The van der Waals surface area contributed by atoms with Gasteiger partial charge in [0.2, 0.25) is 0 Å². The third-order valence-corrected chi connectivity index (χ3v) is 3.40. The molecule has 1 aromatic heterocycles. The van der Waals surface area contributed by atoms with Gasteiger partial charge in [-0.2, -0.15) is 0 Å². The highest BCUT2D eigenvalue weighted by molar-refractivity contribution is 5.81. The molecule has 4 heteroatoms. The standard InChI is InChI=1S/C13H16N2O2/c1-16-10-2-3-13-11(7-10)12(15-17-13)6-9-4-5-14-8-9/h2-3,7,9,14H,4-6,8H2,1H3. The zero-order chi connectivity index (χ0) is 11.7. The van der Waals surface area contributed by atoms with Gasteiger partial charge in [0.25, 0.3) is 0 Å². The number of hydrogen-bond donors (Lipinski definition) is 1. The zero-order valence-electron chi connectivity index (χ0n) is 9.90. The van der Waals surface area contributed by atoms with Gasteiger partial charge in [-0.05, 0) is 50.0 Å². The maximum atomic E-state index is 5.33. The number of nitrogens with one attached hydrogen (secondary N) is 1. The number of ether oxygens (including phenoxy) is 1. The van der Waals surface area contributed by atoms with Crippen molar-refractivity contribution < 1.29 is 9.26 Å². The van der Waals surface area contributed by atoms with Crippen molar-refractivity contribution in [1.82, 2.24) is 10.5 Å².